The molecule has 2 aliphatic rings. The number of aromatic amines is 1. The van der Waals surface area contributed by atoms with Gasteiger partial charge in [0, 0.05) is 11.5 Å². The minimum Gasteiger partial charge on any atom is -0.479 e. The molecule has 6 nitrogen and oxygen atoms in total. The largest absolute Gasteiger partial charge is 0.479 e. The molecule has 0 radical (unpaired) electrons. The van der Waals surface area contributed by atoms with Crippen molar-refractivity contribution < 1.29 is 14.7 Å². The van der Waals surface area contributed by atoms with E-state index in [0.29, 0.717) is 12.1 Å². The molecule has 1 fully saturated rings. The highest BCUT2D eigenvalue weighted by Gasteiger charge is 2.42. The molecule has 1 atom stereocenters. The molecule has 0 saturated heterocycles. The van der Waals surface area contributed by atoms with Gasteiger partial charge in [0.1, 0.15) is 0 Å². The molecule has 1 aliphatic carbocycles. The maximum Gasteiger partial charge on any atom is 0.331 e. The molecule has 6 heteroatoms. The zero-order chi connectivity index (χ0) is 12.7. The van der Waals surface area contributed by atoms with Crippen LogP contribution in [0.2, 0.25) is 0 Å². The van der Waals surface area contributed by atoms with E-state index in [0.717, 1.165) is 31.4 Å². The SMILES string of the molecule is O=C(O)C1c2cn[nH]c2CN1C(=O)C1CCCC1. The predicted molar refractivity (Wildman–Crippen MR) is 61.5 cm³/mol. The fourth-order valence-electron chi connectivity index (χ4n) is 2.99. The number of carbonyl (C=O) groups excluding carboxylic acids is 1. The summed E-state index contributed by atoms with van der Waals surface area (Å²) >= 11 is 0. The topological polar surface area (TPSA) is 86.3 Å². The summed E-state index contributed by atoms with van der Waals surface area (Å²) in [5.74, 6) is -1.00. The number of fused-ring (bicyclic) bond motifs is 1. The average Bonchev–Trinajstić information content (AvgIpc) is 3.03. The lowest BCUT2D eigenvalue weighted by Crippen LogP contribution is -2.37. The third-order valence-electron chi connectivity index (χ3n) is 3.91. The molecule has 2 heterocycles. The zero-order valence-corrected chi connectivity index (χ0v) is 9.93. The molecule has 0 bridgehead atoms. The fraction of sp³-hybridized carbons (Fsp3) is 0.583. The fourth-order valence-corrected chi connectivity index (χ4v) is 2.99. The van der Waals surface area contributed by atoms with Crippen LogP contribution in [0.1, 0.15) is 43.0 Å². The van der Waals surface area contributed by atoms with Gasteiger partial charge in [0.05, 0.1) is 18.4 Å². The molecule has 2 N–H and O–H groups in total. The monoisotopic (exact) mass is 249 g/mol. The van der Waals surface area contributed by atoms with E-state index in [4.69, 9.17) is 0 Å². The van der Waals surface area contributed by atoms with Crippen LogP contribution in [-0.2, 0) is 16.1 Å². The summed E-state index contributed by atoms with van der Waals surface area (Å²) in [5, 5.41) is 15.9. The first-order valence-electron chi connectivity index (χ1n) is 6.24. The maximum absolute atomic E-state index is 12.4. The maximum atomic E-state index is 12.4. The summed E-state index contributed by atoms with van der Waals surface area (Å²) in [6.07, 6.45) is 5.40. The highest BCUT2D eigenvalue weighted by molar-refractivity contribution is 5.87. The number of amides is 1. The van der Waals surface area contributed by atoms with Crippen molar-refractivity contribution >= 4 is 11.9 Å². The minimum absolute atomic E-state index is 0.00353. The summed E-state index contributed by atoms with van der Waals surface area (Å²) in [5.41, 5.74) is 1.36. The van der Waals surface area contributed by atoms with Gasteiger partial charge in [-0.05, 0) is 12.8 Å². The number of carbonyl (C=O) groups is 2. The van der Waals surface area contributed by atoms with Crippen LogP contribution in [-0.4, -0.2) is 32.1 Å². The third kappa shape index (κ3) is 1.60. The molecule has 0 aromatic carbocycles. The number of carboxylic acids is 1. The van der Waals surface area contributed by atoms with Crippen molar-refractivity contribution in [3.05, 3.63) is 17.5 Å². The van der Waals surface area contributed by atoms with Gasteiger partial charge in [0.2, 0.25) is 5.91 Å². The highest BCUT2D eigenvalue weighted by Crippen LogP contribution is 2.36. The molecule has 1 aromatic rings. The van der Waals surface area contributed by atoms with Gasteiger partial charge in [-0.2, -0.15) is 5.10 Å². The van der Waals surface area contributed by atoms with Gasteiger partial charge in [-0.3, -0.25) is 9.89 Å². The smallest absolute Gasteiger partial charge is 0.331 e. The van der Waals surface area contributed by atoms with Crippen molar-refractivity contribution in [1.82, 2.24) is 15.1 Å². The Hall–Kier alpha value is -1.85. The Morgan fingerprint density at radius 2 is 2.11 bits per heavy atom. The van der Waals surface area contributed by atoms with Crippen molar-refractivity contribution in [1.29, 1.82) is 0 Å². The zero-order valence-electron chi connectivity index (χ0n) is 9.93. The van der Waals surface area contributed by atoms with Crippen molar-refractivity contribution in [2.24, 2.45) is 5.92 Å². The van der Waals surface area contributed by atoms with Crippen LogP contribution in [0.15, 0.2) is 6.20 Å². The van der Waals surface area contributed by atoms with Crippen LogP contribution in [0, 0.1) is 5.92 Å². The third-order valence-corrected chi connectivity index (χ3v) is 3.91. The molecule has 1 saturated carbocycles. The van der Waals surface area contributed by atoms with Crippen molar-refractivity contribution in [3.8, 4) is 0 Å². The Kier molecular flexibility index (Phi) is 2.57. The Balaban J connectivity index is 1.86. The summed E-state index contributed by atoms with van der Waals surface area (Å²) in [6.45, 7) is 0.335. The normalized spacial score (nSPS) is 23.3. The minimum atomic E-state index is -0.985. The highest BCUT2D eigenvalue weighted by atomic mass is 16.4. The first-order valence-corrected chi connectivity index (χ1v) is 6.24. The predicted octanol–water partition coefficient (Wildman–Crippen LogP) is 1.07. The number of aliphatic carboxylic acids is 1. The molecule has 1 aromatic heterocycles. The van der Waals surface area contributed by atoms with Crippen LogP contribution in [0.3, 0.4) is 0 Å². The lowest BCUT2D eigenvalue weighted by Gasteiger charge is -2.24. The van der Waals surface area contributed by atoms with Crippen LogP contribution in [0.25, 0.3) is 0 Å². The van der Waals surface area contributed by atoms with E-state index < -0.39 is 12.0 Å². The number of hydrogen-bond donors (Lipinski definition) is 2. The van der Waals surface area contributed by atoms with Gasteiger partial charge in [0.25, 0.3) is 0 Å². The number of hydrogen-bond acceptors (Lipinski definition) is 3. The van der Waals surface area contributed by atoms with Gasteiger partial charge in [0.15, 0.2) is 6.04 Å². The molecule has 0 spiro atoms. The van der Waals surface area contributed by atoms with Crippen LogP contribution < -0.4 is 0 Å². The van der Waals surface area contributed by atoms with Crippen LogP contribution in [0.4, 0.5) is 0 Å². The van der Waals surface area contributed by atoms with E-state index in [2.05, 4.69) is 10.2 Å². The first-order chi connectivity index (χ1) is 8.68. The van der Waals surface area contributed by atoms with Gasteiger partial charge >= 0.3 is 5.97 Å². The molecule has 1 amide bonds. The van der Waals surface area contributed by atoms with Gasteiger partial charge in [-0.25, -0.2) is 4.79 Å². The second kappa shape index (κ2) is 4.12. The first kappa shape index (κ1) is 11.3. The second-order valence-electron chi connectivity index (χ2n) is 4.99. The summed E-state index contributed by atoms with van der Waals surface area (Å²) in [7, 11) is 0. The second-order valence-corrected chi connectivity index (χ2v) is 4.99. The summed E-state index contributed by atoms with van der Waals surface area (Å²) < 4.78 is 0. The van der Waals surface area contributed by atoms with E-state index in [-0.39, 0.29) is 11.8 Å². The van der Waals surface area contributed by atoms with E-state index in [1.54, 1.807) is 0 Å². The number of H-pyrrole nitrogens is 1. The number of nitrogens with zero attached hydrogens (tertiary/aromatic N) is 2. The van der Waals surface area contributed by atoms with Crippen molar-refractivity contribution in [2.45, 2.75) is 38.3 Å². The Labute approximate surface area is 104 Å². The van der Waals surface area contributed by atoms with Crippen molar-refractivity contribution in [3.63, 3.8) is 0 Å². The summed E-state index contributed by atoms with van der Waals surface area (Å²) in [4.78, 5) is 25.2. The Morgan fingerprint density at radius 3 is 2.78 bits per heavy atom. The molecule has 1 aliphatic heterocycles. The lowest BCUT2D eigenvalue weighted by molar-refractivity contribution is -0.151. The van der Waals surface area contributed by atoms with Crippen molar-refractivity contribution in [2.75, 3.05) is 0 Å². The molecule has 3 rings (SSSR count). The van der Waals surface area contributed by atoms with E-state index >= 15 is 0 Å². The number of aromatic nitrogens is 2. The molecular formula is C12H15N3O3. The average molecular weight is 249 g/mol. The van der Waals surface area contributed by atoms with Gasteiger partial charge in [-0.15, -0.1) is 0 Å². The molecule has 18 heavy (non-hydrogen) atoms. The Bertz CT molecular complexity index is 491. The summed E-state index contributed by atoms with van der Waals surface area (Å²) in [6, 6.07) is -0.869. The van der Waals surface area contributed by atoms with E-state index in [1.165, 1.54) is 11.1 Å². The van der Waals surface area contributed by atoms with Gasteiger partial charge < -0.3 is 10.0 Å². The number of nitrogens with one attached hydrogen (secondary N) is 1. The van der Waals surface area contributed by atoms with Gasteiger partial charge in [-0.1, -0.05) is 12.8 Å². The van der Waals surface area contributed by atoms with E-state index in [9.17, 15) is 14.7 Å². The molecule has 96 valence electrons. The molecular weight excluding hydrogens is 234 g/mol. The lowest BCUT2D eigenvalue weighted by atomic mass is 10.1. The standard InChI is InChI=1S/C12H15N3O3/c16-11(7-3-1-2-4-7)15-6-9-8(5-13-14-9)10(15)12(17)18/h5,7,10H,1-4,6H2,(H,13,14)(H,17,18). The quantitative estimate of drug-likeness (QED) is 0.820. The van der Waals surface area contributed by atoms with Crippen LogP contribution in [0.5, 0.6) is 0 Å². The Morgan fingerprint density at radius 1 is 1.39 bits per heavy atom. The molecule has 1 unspecified atom stereocenters. The number of carboxylic acid groups (broad SMARTS) is 1. The van der Waals surface area contributed by atoms with E-state index in [1.807, 2.05) is 0 Å². The van der Waals surface area contributed by atoms with Crippen LogP contribution >= 0.6 is 0 Å². The number of rotatable bonds is 2.